The minimum absolute atomic E-state index is 0.431. The molecule has 1 rings (SSSR count). The molecular weight excluding hydrogens is 298 g/mol. The fourth-order valence-electron chi connectivity index (χ4n) is 0.896. The number of hydrogen-bond acceptors (Lipinski definition) is 3. The van der Waals surface area contributed by atoms with Crippen molar-refractivity contribution in [3.63, 3.8) is 0 Å². The van der Waals surface area contributed by atoms with E-state index in [0.717, 1.165) is 0 Å². The summed E-state index contributed by atoms with van der Waals surface area (Å²) < 4.78 is 46.1. The Balaban J connectivity index is 3.64. The van der Waals surface area contributed by atoms with Crippen LogP contribution >= 0.6 is 15.9 Å². The molecule has 0 fully saturated rings. The van der Waals surface area contributed by atoms with E-state index in [1.165, 1.54) is 0 Å². The van der Waals surface area contributed by atoms with Crippen LogP contribution in [0.5, 0.6) is 0 Å². The number of alkyl halides is 2. The third-order valence-electron chi connectivity index (χ3n) is 1.50. The standard InChI is InChI=1S/C6H5BrF2N2O3S/c7-4-2(15(10,13)14)1-3(12)11-5(4)6(8)9/h1,6H,(H,11,12)(H2,10,13,14). The molecule has 0 aliphatic carbocycles. The van der Waals surface area contributed by atoms with Gasteiger partial charge in [-0.05, 0) is 15.9 Å². The summed E-state index contributed by atoms with van der Waals surface area (Å²) in [4.78, 5) is 12.0. The average molecular weight is 303 g/mol. The molecule has 0 atom stereocenters. The number of aromatic amines is 1. The maximum absolute atomic E-state index is 12.3. The van der Waals surface area contributed by atoms with Crippen molar-refractivity contribution in [1.29, 1.82) is 0 Å². The van der Waals surface area contributed by atoms with Gasteiger partial charge in [-0.15, -0.1) is 0 Å². The number of nitrogens with two attached hydrogens (primary N) is 1. The molecule has 0 radical (unpaired) electrons. The maximum Gasteiger partial charge on any atom is 0.279 e. The number of H-pyrrole nitrogens is 1. The van der Waals surface area contributed by atoms with Crippen LogP contribution in [-0.2, 0) is 10.0 Å². The van der Waals surface area contributed by atoms with E-state index in [2.05, 4.69) is 15.9 Å². The number of primary sulfonamides is 1. The van der Waals surface area contributed by atoms with Gasteiger partial charge in [-0.2, -0.15) is 0 Å². The molecule has 1 heterocycles. The van der Waals surface area contributed by atoms with Crippen molar-refractivity contribution in [3.8, 4) is 0 Å². The zero-order valence-electron chi connectivity index (χ0n) is 7.00. The molecular formula is C6H5BrF2N2O3S. The Bertz CT molecular complexity index is 540. The van der Waals surface area contributed by atoms with Crippen LogP contribution in [0.2, 0.25) is 0 Å². The summed E-state index contributed by atoms with van der Waals surface area (Å²) >= 11 is 2.64. The Morgan fingerprint density at radius 1 is 1.47 bits per heavy atom. The Labute approximate surface area is 91.5 Å². The van der Waals surface area contributed by atoms with Gasteiger partial charge in [0.15, 0.2) is 0 Å². The molecule has 0 saturated heterocycles. The van der Waals surface area contributed by atoms with Crippen molar-refractivity contribution in [2.24, 2.45) is 5.14 Å². The fraction of sp³-hybridized carbons (Fsp3) is 0.167. The maximum atomic E-state index is 12.3. The van der Waals surface area contributed by atoms with E-state index in [1.54, 1.807) is 0 Å². The number of hydrogen-bond donors (Lipinski definition) is 2. The van der Waals surface area contributed by atoms with Crippen molar-refractivity contribution in [2.75, 3.05) is 0 Å². The minimum atomic E-state index is -4.21. The Hall–Kier alpha value is -0.800. The number of sulfonamides is 1. The largest absolute Gasteiger partial charge is 0.320 e. The average Bonchev–Trinajstić information content (AvgIpc) is 2.06. The van der Waals surface area contributed by atoms with Gasteiger partial charge in [0.25, 0.3) is 6.43 Å². The summed E-state index contributed by atoms with van der Waals surface area (Å²) in [7, 11) is -4.21. The van der Waals surface area contributed by atoms with Crippen molar-refractivity contribution < 1.29 is 17.2 Å². The van der Waals surface area contributed by atoms with Gasteiger partial charge >= 0.3 is 0 Å². The Kier molecular flexibility index (Phi) is 3.26. The van der Waals surface area contributed by atoms with Crippen LogP contribution in [-0.4, -0.2) is 13.4 Å². The van der Waals surface area contributed by atoms with E-state index < -0.39 is 37.1 Å². The first kappa shape index (κ1) is 12.3. The smallest absolute Gasteiger partial charge is 0.279 e. The highest BCUT2D eigenvalue weighted by molar-refractivity contribution is 9.10. The second kappa shape index (κ2) is 3.99. The molecule has 84 valence electrons. The first-order valence-electron chi connectivity index (χ1n) is 3.47. The van der Waals surface area contributed by atoms with Gasteiger partial charge in [0, 0.05) is 6.07 Å². The van der Waals surface area contributed by atoms with Crippen LogP contribution < -0.4 is 10.7 Å². The van der Waals surface area contributed by atoms with Crippen LogP contribution in [0.15, 0.2) is 20.2 Å². The number of pyridine rings is 1. The van der Waals surface area contributed by atoms with Gasteiger partial charge in [0.2, 0.25) is 15.6 Å². The van der Waals surface area contributed by atoms with E-state index in [1.807, 2.05) is 4.98 Å². The van der Waals surface area contributed by atoms with Crippen molar-refractivity contribution in [3.05, 3.63) is 26.6 Å². The predicted molar refractivity (Wildman–Crippen MR) is 51.1 cm³/mol. The van der Waals surface area contributed by atoms with Crippen molar-refractivity contribution >= 4 is 26.0 Å². The lowest BCUT2D eigenvalue weighted by molar-refractivity contribution is 0.144. The molecule has 9 heteroatoms. The first-order valence-corrected chi connectivity index (χ1v) is 5.81. The van der Waals surface area contributed by atoms with Gasteiger partial charge < -0.3 is 4.98 Å². The summed E-state index contributed by atoms with van der Waals surface area (Å²) in [6.07, 6.45) is -3.01. The van der Waals surface area contributed by atoms with Crippen molar-refractivity contribution in [2.45, 2.75) is 11.3 Å². The summed E-state index contributed by atoms with van der Waals surface area (Å²) in [6.45, 7) is 0. The number of nitrogens with one attached hydrogen (secondary N) is 1. The minimum Gasteiger partial charge on any atom is -0.320 e. The quantitative estimate of drug-likeness (QED) is 0.843. The molecule has 5 nitrogen and oxygen atoms in total. The van der Waals surface area contributed by atoms with E-state index in [0.29, 0.717) is 6.07 Å². The predicted octanol–water partition coefficient (Wildman–Crippen LogP) is 0.722. The summed E-state index contributed by atoms with van der Waals surface area (Å²) in [5.74, 6) is 0. The van der Waals surface area contributed by atoms with Crippen molar-refractivity contribution in [1.82, 2.24) is 4.98 Å². The monoisotopic (exact) mass is 302 g/mol. The molecule has 0 aromatic carbocycles. The van der Waals surface area contributed by atoms with Gasteiger partial charge in [-0.25, -0.2) is 22.3 Å². The lowest BCUT2D eigenvalue weighted by Gasteiger charge is -2.06. The highest BCUT2D eigenvalue weighted by Gasteiger charge is 2.21. The fourth-order valence-corrected chi connectivity index (χ4v) is 2.59. The van der Waals surface area contributed by atoms with Crippen LogP contribution in [0.4, 0.5) is 8.78 Å². The summed E-state index contributed by atoms with van der Waals surface area (Å²) in [5, 5.41) is 4.74. The van der Waals surface area contributed by atoms with E-state index in [-0.39, 0.29) is 0 Å². The molecule has 1 aromatic heterocycles. The van der Waals surface area contributed by atoms with Gasteiger partial charge in [0.05, 0.1) is 4.47 Å². The lowest BCUT2D eigenvalue weighted by Crippen LogP contribution is -2.19. The SMILES string of the molecule is NS(=O)(=O)c1cc(=O)[nH]c(C(F)F)c1Br. The van der Waals surface area contributed by atoms with Crippen LogP contribution in [0.3, 0.4) is 0 Å². The molecule has 1 aromatic rings. The van der Waals surface area contributed by atoms with Crippen LogP contribution in [0.1, 0.15) is 12.1 Å². The van der Waals surface area contributed by atoms with E-state index in [4.69, 9.17) is 5.14 Å². The molecule has 0 amide bonds. The highest BCUT2D eigenvalue weighted by atomic mass is 79.9. The number of aromatic nitrogens is 1. The van der Waals surface area contributed by atoms with E-state index in [9.17, 15) is 22.0 Å². The topological polar surface area (TPSA) is 93.0 Å². The van der Waals surface area contributed by atoms with Crippen LogP contribution in [0.25, 0.3) is 0 Å². The second-order valence-corrected chi connectivity index (χ2v) is 4.89. The van der Waals surface area contributed by atoms with Gasteiger partial charge in [-0.3, -0.25) is 4.79 Å². The molecule has 15 heavy (non-hydrogen) atoms. The molecule has 0 aliphatic rings. The number of halogens is 3. The van der Waals surface area contributed by atoms with Gasteiger partial charge in [0.1, 0.15) is 10.6 Å². The zero-order chi connectivity index (χ0) is 11.8. The molecule has 0 unspecified atom stereocenters. The third-order valence-corrected chi connectivity index (χ3v) is 3.55. The summed E-state index contributed by atoms with van der Waals surface area (Å²) in [6, 6.07) is 0.630. The molecule has 0 spiro atoms. The molecule has 0 bridgehead atoms. The van der Waals surface area contributed by atoms with Gasteiger partial charge in [-0.1, -0.05) is 0 Å². The molecule has 0 aliphatic heterocycles. The Morgan fingerprint density at radius 3 is 2.40 bits per heavy atom. The molecule has 0 saturated carbocycles. The van der Waals surface area contributed by atoms with E-state index >= 15 is 0 Å². The number of rotatable bonds is 2. The first-order chi connectivity index (χ1) is 6.73. The lowest BCUT2D eigenvalue weighted by atomic mass is 10.3. The molecule has 3 N–H and O–H groups in total. The second-order valence-electron chi connectivity index (χ2n) is 2.57. The zero-order valence-corrected chi connectivity index (χ0v) is 9.40. The highest BCUT2D eigenvalue weighted by Crippen LogP contribution is 2.28. The third kappa shape index (κ3) is 2.61. The van der Waals surface area contributed by atoms with Crippen LogP contribution in [0, 0.1) is 0 Å². The summed E-state index contributed by atoms with van der Waals surface area (Å²) in [5.41, 5.74) is -1.77. The normalized spacial score (nSPS) is 12.1. The Morgan fingerprint density at radius 2 is 2.00 bits per heavy atom.